The van der Waals surface area contributed by atoms with Gasteiger partial charge in [0.15, 0.2) is 11.6 Å². The van der Waals surface area contributed by atoms with Gasteiger partial charge >= 0.3 is 5.97 Å². The van der Waals surface area contributed by atoms with Gasteiger partial charge in [-0.3, -0.25) is 14.9 Å². The summed E-state index contributed by atoms with van der Waals surface area (Å²) in [7, 11) is 1.27. The highest BCUT2D eigenvalue weighted by molar-refractivity contribution is 6.07. The Morgan fingerprint density at radius 2 is 1.72 bits per heavy atom. The number of nitrogens with zero attached hydrogens (tertiary/aromatic N) is 3. The first-order valence-electron chi connectivity index (χ1n) is 11.8. The molecule has 0 saturated heterocycles. The zero-order valence-electron chi connectivity index (χ0n) is 21.0. The summed E-state index contributed by atoms with van der Waals surface area (Å²) in [5.41, 5.74) is 0.718. The van der Waals surface area contributed by atoms with Crippen LogP contribution >= 0.6 is 0 Å². The van der Waals surface area contributed by atoms with Gasteiger partial charge in [-0.15, -0.1) is 0 Å². The summed E-state index contributed by atoms with van der Waals surface area (Å²) < 4.78 is 39.3. The Kier molecular flexibility index (Phi) is 8.09. The molecule has 0 aromatic heterocycles. The number of hydrogen-bond donors (Lipinski definition) is 0. The molecule has 11 heteroatoms. The van der Waals surface area contributed by atoms with E-state index in [1.54, 1.807) is 31.2 Å². The molecule has 1 aliphatic rings. The standard InChI is InChI=1S/C28H23F2N3O6/c1-3-23-24(27(35)39-16-17-7-5-4-6-8-17)25(19-11-14-21(29)22(30)15-19)32(28(31-23)38-2)26(34)18-9-12-20(13-10-18)33(36)37/h4-15,25H,3,16H2,1-2H3. The van der Waals surface area contributed by atoms with E-state index in [1.807, 2.05) is 6.07 Å². The van der Waals surface area contributed by atoms with Gasteiger partial charge in [-0.05, 0) is 41.8 Å². The summed E-state index contributed by atoms with van der Waals surface area (Å²) >= 11 is 0. The number of amides is 1. The second-order valence-corrected chi connectivity index (χ2v) is 8.43. The Bertz CT molecular complexity index is 1470. The molecular weight excluding hydrogens is 512 g/mol. The molecule has 0 fully saturated rings. The predicted octanol–water partition coefficient (Wildman–Crippen LogP) is 5.48. The molecule has 3 aromatic carbocycles. The van der Waals surface area contributed by atoms with Gasteiger partial charge in [-0.2, -0.15) is 0 Å². The second kappa shape index (κ2) is 11.6. The summed E-state index contributed by atoms with van der Waals surface area (Å²) in [6.07, 6.45) is 0.225. The summed E-state index contributed by atoms with van der Waals surface area (Å²) in [5.74, 6) is -3.86. The van der Waals surface area contributed by atoms with E-state index >= 15 is 0 Å². The molecule has 0 bridgehead atoms. The third-order valence-corrected chi connectivity index (χ3v) is 6.03. The molecule has 1 amide bonds. The number of benzene rings is 3. The SMILES string of the molecule is CCC1=C(C(=O)OCc2ccccc2)C(c2ccc(F)c(F)c2)N(C(=O)c2ccc([N+](=O)[O-])cc2)C(OC)=N1. The number of rotatable bonds is 7. The summed E-state index contributed by atoms with van der Waals surface area (Å²) in [4.78, 5) is 43.2. The second-order valence-electron chi connectivity index (χ2n) is 8.43. The lowest BCUT2D eigenvalue weighted by molar-refractivity contribution is -0.384. The highest BCUT2D eigenvalue weighted by Gasteiger charge is 2.42. The first kappa shape index (κ1) is 27.1. The number of nitro benzene ring substituents is 1. The van der Waals surface area contributed by atoms with Gasteiger partial charge in [0.1, 0.15) is 12.6 Å². The molecule has 200 valence electrons. The lowest BCUT2D eigenvalue weighted by atomic mass is 9.92. The third-order valence-electron chi connectivity index (χ3n) is 6.03. The molecule has 9 nitrogen and oxygen atoms in total. The van der Waals surface area contributed by atoms with Crippen LogP contribution in [0.25, 0.3) is 0 Å². The number of amidine groups is 1. The van der Waals surface area contributed by atoms with Crippen molar-refractivity contribution in [2.75, 3.05) is 7.11 Å². The largest absolute Gasteiger partial charge is 0.468 e. The zero-order chi connectivity index (χ0) is 28.1. The number of carbonyl (C=O) groups excluding carboxylic acids is 2. The lowest BCUT2D eigenvalue weighted by Gasteiger charge is -2.36. The molecule has 1 unspecified atom stereocenters. The molecule has 1 heterocycles. The van der Waals surface area contributed by atoms with E-state index in [0.29, 0.717) is 5.56 Å². The van der Waals surface area contributed by atoms with E-state index in [2.05, 4.69) is 4.99 Å². The summed E-state index contributed by atoms with van der Waals surface area (Å²) in [6, 6.07) is 15.2. The van der Waals surface area contributed by atoms with Crippen LogP contribution in [0.15, 0.2) is 89.1 Å². The van der Waals surface area contributed by atoms with Crippen LogP contribution in [-0.2, 0) is 20.9 Å². The van der Waals surface area contributed by atoms with Gasteiger partial charge in [0, 0.05) is 17.7 Å². The third kappa shape index (κ3) is 5.66. The maximum absolute atomic E-state index is 14.4. The molecule has 3 aromatic rings. The number of ether oxygens (including phenoxy) is 2. The van der Waals surface area contributed by atoms with Crippen LogP contribution in [0.3, 0.4) is 0 Å². The number of aliphatic imine (C=N–C) groups is 1. The average Bonchev–Trinajstić information content (AvgIpc) is 2.96. The van der Waals surface area contributed by atoms with E-state index in [9.17, 15) is 28.5 Å². The van der Waals surface area contributed by atoms with Crippen LogP contribution in [-0.4, -0.2) is 34.8 Å². The molecule has 1 aliphatic heterocycles. The van der Waals surface area contributed by atoms with Crippen LogP contribution in [0.5, 0.6) is 0 Å². The highest BCUT2D eigenvalue weighted by atomic mass is 19.2. The molecule has 1 atom stereocenters. The Labute approximate surface area is 222 Å². The minimum Gasteiger partial charge on any atom is -0.468 e. The topological polar surface area (TPSA) is 111 Å². The molecule has 0 aliphatic carbocycles. The fourth-order valence-electron chi connectivity index (χ4n) is 4.14. The Hall–Kier alpha value is -4.93. The average molecular weight is 536 g/mol. The van der Waals surface area contributed by atoms with Gasteiger partial charge in [0.2, 0.25) is 0 Å². The van der Waals surface area contributed by atoms with Crippen LogP contribution in [0, 0.1) is 21.7 Å². The molecule has 0 spiro atoms. The first-order chi connectivity index (χ1) is 18.7. The number of nitro groups is 1. The maximum Gasteiger partial charge on any atom is 0.338 e. The van der Waals surface area contributed by atoms with E-state index in [-0.39, 0.29) is 47.1 Å². The van der Waals surface area contributed by atoms with Crippen molar-refractivity contribution in [2.45, 2.75) is 26.0 Å². The number of allylic oxidation sites excluding steroid dienone is 1. The van der Waals surface area contributed by atoms with E-state index in [4.69, 9.17) is 9.47 Å². The monoisotopic (exact) mass is 535 g/mol. The minimum absolute atomic E-state index is 0.00915. The fourth-order valence-corrected chi connectivity index (χ4v) is 4.14. The first-order valence-corrected chi connectivity index (χ1v) is 11.8. The van der Waals surface area contributed by atoms with Gasteiger partial charge < -0.3 is 9.47 Å². The van der Waals surface area contributed by atoms with Crippen LogP contribution in [0.2, 0.25) is 0 Å². The van der Waals surface area contributed by atoms with Crippen LogP contribution in [0.1, 0.15) is 40.9 Å². The Balaban J connectivity index is 1.83. The van der Waals surface area contributed by atoms with Gasteiger partial charge in [-0.25, -0.2) is 23.5 Å². The number of non-ortho nitro benzene ring substituents is 1. The van der Waals surface area contributed by atoms with Crippen molar-refractivity contribution >= 4 is 23.6 Å². The van der Waals surface area contributed by atoms with Crippen molar-refractivity contribution in [3.05, 3.63) is 123 Å². The fraction of sp³-hybridized carbons (Fsp3) is 0.179. The molecular formula is C28H23F2N3O6. The molecule has 39 heavy (non-hydrogen) atoms. The van der Waals surface area contributed by atoms with E-state index < -0.39 is 34.5 Å². The van der Waals surface area contributed by atoms with Crippen molar-refractivity contribution < 1.29 is 32.8 Å². The van der Waals surface area contributed by atoms with Crippen molar-refractivity contribution in [1.29, 1.82) is 0 Å². The minimum atomic E-state index is -1.31. The summed E-state index contributed by atoms with van der Waals surface area (Å²) in [6.45, 7) is 1.65. The molecule has 0 saturated carbocycles. The molecule has 0 radical (unpaired) electrons. The van der Waals surface area contributed by atoms with Gasteiger partial charge in [0.25, 0.3) is 17.6 Å². The van der Waals surface area contributed by atoms with Gasteiger partial charge in [-0.1, -0.05) is 43.3 Å². The Morgan fingerprint density at radius 3 is 2.31 bits per heavy atom. The normalized spacial score (nSPS) is 15.0. The number of methoxy groups -OCH3 is 1. The van der Waals surface area contributed by atoms with Gasteiger partial charge in [0.05, 0.1) is 23.3 Å². The van der Waals surface area contributed by atoms with Crippen LogP contribution < -0.4 is 0 Å². The van der Waals surface area contributed by atoms with Crippen molar-refractivity contribution in [3.8, 4) is 0 Å². The highest BCUT2D eigenvalue weighted by Crippen LogP contribution is 2.38. The number of halogens is 2. The quantitative estimate of drug-likeness (QED) is 0.225. The number of esters is 1. The number of hydrogen-bond acceptors (Lipinski definition) is 7. The lowest BCUT2D eigenvalue weighted by Crippen LogP contribution is -2.45. The predicted molar refractivity (Wildman–Crippen MR) is 136 cm³/mol. The summed E-state index contributed by atoms with van der Waals surface area (Å²) in [5, 5.41) is 11.1. The van der Waals surface area contributed by atoms with E-state index in [0.717, 1.165) is 29.2 Å². The smallest absolute Gasteiger partial charge is 0.338 e. The van der Waals surface area contributed by atoms with E-state index in [1.165, 1.54) is 25.3 Å². The zero-order valence-corrected chi connectivity index (χ0v) is 21.0. The van der Waals surface area contributed by atoms with Crippen molar-refractivity contribution in [2.24, 2.45) is 4.99 Å². The van der Waals surface area contributed by atoms with Crippen molar-refractivity contribution in [3.63, 3.8) is 0 Å². The molecule has 0 N–H and O–H groups in total. The molecule has 4 rings (SSSR count). The number of carbonyl (C=O) groups is 2. The van der Waals surface area contributed by atoms with Crippen molar-refractivity contribution in [1.82, 2.24) is 4.90 Å². The maximum atomic E-state index is 14.4. The Morgan fingerprint density at radius 1 is 1.03 bits per heavy atom. The van der Waals surface area contributed by atoms with Crippen LogP contribution in [0.4, 0.5) is 14.5 Å².